The number of carbonyl (C=O) groups excluding carboxylic acids is 1. The van der Waals surface area contributed by atoms with Gasteiger partial charge in [-0.25, -0.2) is 0 Å². The van der Waals surface area contributed by atoms with Crippen molar-refractivity contribution in [1.29, 1.82) is 0 Å². The van der Waals surface area contributed by atoms with Crippen molar-refractivity contribution in [3.05, 3.63) is 77.0 Å². The molecule has 0 radical (unpaired) electrons. The van der Waals surface area contributed by atoms with Gasteiger partial charge >= 0.3 is 0 Å². The van der Waals surface area contributed by atoms with Crippen LogP contribution in [0.5, 0.6) is 0 Å². The lowest BCUT2D eigenvalue weighted by molar-refractivity contribution is 0.0997. The second-order valence-electron chi connectivity index (χ2n) is 8.45. The van der Waals surface area contributed by atoms with Crippen molar-refractivity contribution < 1.29 is 4.79 Å². The number of fused-ring (bicyclic) bond motifs is 1. The minimum atomic E-state index is 0.224. The SMILES string of the molecule is CCCCCN(CCCCC)C1=C(CC(=O)c2ccccc2)c2ccccc2CC1. The Morgan fingerprint density at radius 3 is 2.10 bits per heavy atom. The first-order chi connectivity index (χ1) is 14.7. The third-order valence-electron chi connectivity index (χ3n) is 6.20. The van der Waals surface area contributed by atoms with Crippen LogP contribution < -0.4 is 0 Å². The molecule has 160 valence electrons. The summed E-state index contributed by atoms with van der Waals surface area (Å²) in [6, 6.07) is 18.5. The van der Waals surface area contributed by atoms with E-state index in [-0.39, 0.29) is 5.78 Å². The zero-order valence-corrected chi connectivity index (χ0v) is 18.8. The number of aryl methyl sites for hydroxylation is 1. The van der Waals surface area contributed by atoms with E-state index in [1.807, 2.05) is 30.3 Å². The van der Waals surface area contributed by atoms with Gasteiger partial charge in [-0.1, -0.05) is 94.1 Å². The van der Waals surface area contributed by atoms with Crippen LogP contribution >= 0.6 is 0 Å². The maximum atomic E-state index is 13.2. The van der Waals surface area contributed by atoms with Gasteiger partial charge in [-0.2, -0.15) is 0 Å². The van der Waals surface area contributed by atoms with E-state index in [1.54, 1.807) is 0 Å². The van der Waals surface area contributed by atoms with Crippen molar-refractivity contribution >= 4 is 11.4 Å². The van der Waals surface area contributed by atoms with Crippen molar-refractivity contribution in [2.45, 2.75) is 71.6 Å². The van der Waals surface area contributed by atoms with Crippen molar-refractivity contribution in [2.75, 3.05) is 13.1 Å². The number of hydrogen-bond donors (Lipinski definition) is 0. The molecule has 0 amide bonds. The molecule has 0 unspecified atom stereocenters. The fourth-order valence-corrected chi connectivity index (χ4v) is 4.51. The highest BCUT2D eigenvalue weighted by Gasteiger charge is 2.24. The quantitative estimate of drug-likeness (QED) is 0.274. The van der Waals surface area contributed by atoms with Crippen molar-refractivity contribution in [1.82, 2.24) is 4.90 Å². The molecule has 0 bridgehead atoms. The van der Waals surface area contributed by atoms with Crippen LogP contribution in [0.3, 0.4) is 0 Å². The van der Waals surface area contributed by atoms with Crippen LogP contribution in [0.4, 0.5) is 0 Å². The number of hydrogen-bond acceptors (Lipinski definition) is 2. The standard InChI is InChI=1S/C28H37NO/c1-3-5-12-20-29(21-13-6-4-2)27-19-18-23-14-10-11-17-25(23)26(27)22-28(30)24-15-8-7-9-16-24/h7-11,14-17H,3-6,12-13,18-22H2,1-2H3. The molecule has 0 aromatic heterocycles. The van der Waals surface area contributed by atoms with Crippen LogP contribution in [0.25, 0.3) is 5.57 Å². The number of allylic oxidation sites excluding steroid dienone is 2. The van der Waals surface area contributed by atoms with E-state index >= 15 is 0 Å². The highest BCUT2D eigenvalue weighted by molar-refractivity contribution is 6.03. The van der Waals surface area contributed by atoms with Crippen molar-refractivity contribution in [3.8, 4) is 0 Å². The summed E-state index contributed by atoms with van der Waals surface area (Å²) >= 11 is 0. The lowest BCUT2D eigenvalue weighted by Crippen LogP contribution is -2.29. The number of benzene rings is 2. The topological polar surface area (TPSA) is 20.3 Å². The van der Waals surface area contributed by atoms with Gasteiger partial charge in [-0.3, -0.25) is 4.79 Å². The van der Waals surface area contributed by atoms with Gasteiger partial charge in [0.25, 0.3) is 0 Å². The largest absolute Gasteiger partial charge is 0.375 e. The molecule has 0 heterocycles. The summed E-state index contributed by atoms with van der Waals surface area (Å²) < 4.78 is 0. The molecule has 1 aliphatic carbocycles. The van der Waals surface area contributed by atoms with E-state index in [2.05, 4.69) is 43.0 Å². The molecule has 3 rings (SSSR count). The molecule has 0 N–H and O–H groups in total. The molecule has 0 fully saturated rings. The average Bonchev–Trinajstić information content (AvgIpc) is 2.79. The minimum Gasteiger partial charge on any atom is -0.375 e. The smallest absolute Gasteiger partial charge is 0.167 e. The molecule has 1 aliphatic rings. The van der Waals surface area contributed by atoms with Crippen LogP contribution in [-0.2, 0) is 6.42 Å². The summed E-state index contributed by atoms with van der Waals surface area (Å²) in [6.07, 6.45) is 10.1. The monoisotopic (exact) mass is 403 g/mol. The van der Waals surface area contributed by atoms with Gasteiger partial charge in [0.2, 0.25) is 0 Å². The van der Waals surface area contributed by atoms with Crippen LogP contribution in [0, 0.1) is 0 Å². The molecule has 0 saturated carbocycles. The summed E-state index contributed by atoms with van der Waals surface area (Å²) in [5.41, 5.74) is 6.18. The second-order valence-corrected chi connectivity index (χ2v) is 8.45. The van der Waals surface area contributed by atoms with Crippen LogP contribution in [0.2, 0.25) is 0 Å². The molecular formula is C28H37NO. The Bertz CT molecular complexity index is 827. The molecule has 2 heteroatoms. The Balaban J connectivity index is 1.94. The number of unbranched alkanes of at least 4 members (excludes halogenated alkanes) is 4. The normalized spacial score (nSPS) is 13.3. The Morgan fingerprint density at radius 2 is 1.43 bits per heavy atom. The molecule has 0 aliphatic heterocycles. The average molecular weight is 404 g/mol. The van der Waals surface area contributed by atoms with Crippen LogP contribution in [0.1, 0.15) is 86.7 Å². The molecule has 0 atom stereocenters. The summed E-state index contributed by atoms with van der Waals surface area (Å²) in [4.78, 5) is 15.8. The molecular weight excluding hydrogens is 366 g/mol. The molecule has 2 nitrogen and oxygen atoms in total. The molecule has 0 spiro atoms. The van der Waals surface area contributed by atoms with E-state index < -0.39 is 0 Å². The Labute approximate surface area is 183 Å². The minimum absolute atomic E-state index is 0.224. The number of rotatable bonds is 12. The Morgan fingerprint density at radius 1 is 0.800 bits per heavy atom. The van der Waals surface area contributed by atoms with Gasteiger partial charge in [0.15, 0.2) is 5.78 Å². The van der Waals surface area contributed by atoms with Crippen molar-refractivity contribution in [3.63, 3.8) is 0 Å². The molecule has 0 saturated heterocycles. The van der Waals surface area contributed by atoms with E-state index in [9.17, 15) is 4.79 Å². The van der Waals surface area contributed by atoms with E-state index in [0.29, 0.717) is 6.42 Å². The van der Waals surface area contributed by atoms with E-state index in [4.69, 9.17) is 0 Å². The summed E-state index contributed by atoms with van der Waals surface area (Å²) in [6.45, 7) is 6.75. The van der Waals surface area contributed by atoms with Crippen molar-refractivity contribution in [2.24, 2.45) is 0 Å². The van der Waals surface area contributed by atoms with Gasteiger partial charge in [0.1, 0.15) is 0 Å². The van der Waals surface area contributed by atoms with Gasteiger partial charge in [0.05, 0.1) is 0 Å². The lowest BCUT2D eigenvalue weighted by atomic mass is 9.84. The fraction of sp³-hybridized carbons (Fsp3) is 0.464. The fourth-order valence-electron chi connectivity index (χ4n) is 4.51. The summed E-state index contributed by atoms with van der Waals surface area (Å²) in [5.74, 6) is 0.224. The third-order valence-corrected chi connectivity index (χ3v) is 6.20. The molecule has 30 heavy (non-hydrogen) atoms. The number of Topliss-reactive ketones (excluding diaryl/α,β-unsaturated/α-hetero) is 1. The second kappa shape index (κ2) is 11.7. The van der Waals surface area contributed by atoms with Gasteiger partial charge < -0.3 is 4.90 Å². The highest BCUT2D eigenvalue weighted by atomic mass is 16.1. The Hall–Kier alpha value is -2.35. The predicted octanol–water partition coefficient (Wildman–Crippen LogP) is 7.30. The lowest BCUT2D eigenvalue weighted by Gasteiger charge is -2.34. The number of ketones is 1. The number of carbonyl (C=O) groups is 1. The van der Waals surface area contributed by atoms with E-state index in [0.717, 1.165) is 31.5 Å². The van der Waals surface area contributed by atoms with Gasteiger partial charge in [0, 0.05) is 30.8 Å². The first-order valence-corrected chi connectivity index (χ1v) is 11.9. The van der Waals surface area contributed by atoms with Crippen LogP contribution in [0.15, 0.2) is 60.3 Å². The maximum Gasteiger partial charge on any atom is 0.167 e. The molecule has 2 aromatic carbocycles. The molecule has 2 aromatic rings. The first-order valence-electron chi connectivity index (χ1n) is 11.9. The zero-order chi connectivity index (χ0) is 21.2. The summed E-state index contributed by atoms with van der Waals surface area (Å²) in [7, 11) is 0. The highest BCUT2D eigenvalue weighted by Crippen LogP contribution is 2.36. The predicted molar refractivity (Wildman–Crippen MR) is 128 cm³/mol. The maximum absolute atomic E-state index is 13.2. The third kappa shape index (κ3) is 5.84. The van der Waals surface area contributed by atoms with Gasteiger partial charge in [-0.05, 0) is 42.4 Å². The van der Waals surface area contributed by atoms with Gasteiger partial charge in [-0.15, -0.1) is 0 Å². The first kappa shape index (κ1) is 22.3. The summed E-state index contributed by atoms with van der Waals surface area (Å²) in [5, 5.41) is 0. The van der Waals surface area contributed by atoms with Crippen LogP contribution in [-0.4, -0.2) is 23.8 Å². The van der Waals surface area contributed by atoms with E-state index in [1.165, 1.54) is 60.9 Å². The Kier molecular flexibility index (Phi) is 8.74. The zero-order valence-electron chi connectivity index (χ0n) is 18.8. The number of nitrogens with zero attached hydrogens (tertiary/aromatic N) is 1.